The van der Waals surface area contributed by atoms with Crippen molar-refractivity contribution in [1.82, 2.24) is 10.3 Å². The van der Waals surface area contributed by atoms with Crippen LogP contribution in [0.15, 0.2) is 113 Å². The van der Waals surface area contributed by atoms with E-state index in [4.69, 9.17) is 18.9 Å². The van der Waals surface area contributed by atoms with Crippen LogP contribution < -0.4 is 30.2 Å². The van der Waals surface area contributed by atoms with E-state index in [-0.39, 0.29) is 24.6 Å². The number of thioether (sulfide) groups is 1. The van der Waals surface area contributed by atoms with Gasteiger partial charge in [0.15, 0.2) is 16.6 Å². The van der Waals surface area contributed by atoms with Crippen molar-refractivity contribution >= 4 is 63.7 Å². The summed E-state index contributed by atoms with van der Waals surface area (Å²) in [4.78, 5) is 57.9. The Morgan fingerprint density at radius 2 is 1.52 bits per heavy atom. The molecule has 1 unspecified atom stereocenters. The third kappa shape index (κ3) is 10.5. The highest BCUT2D eigenvalue weighted by Gasteiger charge is 2.24. The molecule has 0 saturated carbocycles. The number of carbonyl (C=O) groups excluding carboxylic acids is 4. The summed E-state index contributed by atoms with van der Waals surface area (Å²) >= 11 is 2.50. The third-order valence-electron chi connectivity index (χ3n) is 7.63. The van der Waals surface area contributed by atoms with E-state index in [1.165, 1.54) is 50.5 Å². The van der Waals surface area contributed by atoms with E-state index in [9.17, 15) is 19.2 Å². The van der Waals surface area contributed by atoms with Gasteiger partial charge in [-0.2, -0.15) is 0 Å². The number of nitrogens with one attached hydrogen (secondary N) is 3. The summed E-state index contributed by atoms with van der Waals surface area (Å²) in [5.41, 5.74) is 2.47. The maximum absolute atomic E-state index is 13.9. The summed E-state index contributed by atoms with van der Waals surface area (Å²) in [5.74, 6) is -0.700. The first-order chi connectivity index (χ1) is 26.2. The van der Waals surface area contributed by atoms with Crippen molar-refractivity contribution < 1.29 is 38.1 Å². The fourth-order valence-corrected chi connectivity index (χ4v) is 6.95. The molecule has 3 N–H and O–H groups in total. The SMILES string of the molecule is CCOC(=O)Cc1csc(NC(=O)C(Sc2cccc(NC(=O)/C(=C\c3cc(OC)c(OC)c(OC)c3)NC(=O)c3ccccc3)c2)c2ccccc2)n1. The number of rotatable bonds is 16. The topological polar surface area (TPSA) is 154 Å². The van der Waals surface area contributed by atoms with E-state index >= 15 is 0 Å². The summed E-state index contributed by atoms with van der Waals surface area (Å²) in [6.45, 7) is 2.00. The molecule has 14 heteroatoms. The fourth-order valence-electron chi connectivity index (χ4n) is 5.15. The normalized spacial score (nSPS) is 11.5. The molecule has 0 fully saturated rings. The van der Waals surface area contributed by atoms with Gasteiger partial charge in [-0.3, -0.25) is 19.2 Å². The standard InChI is InChI=1S/C40H38N4O8S2/c1-5-52-34(45)23-29-24-53-40(42-29)44-39(48)36(26-13-8-6-9-14-26)54-30-18-12-17-28(22-30)41-38(47)31(43-37(46)27-15-10-7-11-16-27)19-25-20-32(49-2)35(51-4)33(21-25)50-3/h6-22,24,36H,5,23H2,1-4H3,(H,41,47)(H,43,46)(H,42,44,48)/b31-19+. The van der Waals surface area contributed by atoms with Gasteiger partial charge in [-0.25, -0.2) is 4.98 Å². The Balaban J connectivity index is 1.39. The van der Waals surface area contributed by atoms with E-state index < -0.39 is 23.0 Å². The Morgan fingerprint density at radius 1 is 0.833 bits per heavy atom. The molecule has 4 aromatic carbocycles. The maximum atomic E-state index is 13.9. The Hall–Kier alpha value is -6.12. The highest BCUT2D eigenvalue weighted by atomic mass is 32.2. The molecule has 0 saturated heterocycles. The molecular formula is C40H38N4O8S2. The largest absolute Gasteiger partial charge is 0.493 e. The first-order valence-corrected chi connectivity index (χ1v) is 18.4. The predicted molar refractivity (Wildman–Crippen MR) is 209 cm³/mol. The zero-order valence-electron chi connectivity index (χ0n) is 29.9. The van der Waals surface area contributed by atoms with Crippen LogP contribution in [-0.2, 0) is 25.5 Å². The quantitative estimate of drug-likeness (QED) is 0.0536. The van der Waals surface area contributed by atoms with Gasteiger partial charge >= 0.3 is 5.97 Å². The summed E-state index contributed by atoms with van der Waals surface area (Å²) in [6, 6.07) is 28.1. The average Bonchev–Trinajstić information content (AvgIpc) is 3.62. The lowest BCUT2D eigenvalue weighted by Gasteiger charge is -2.17. The molecule has 0 bridgehead atoms. The molecule has 5 aromatic rings. The number of carbonyl (C=O) groups is 4. The van der Waals surface area contributed by atoms with Crippen molar-refractivity contribution in [2.24, 2.45) is 0 Å². The molecule has 0 aliphatic carbocycles. The summed E-state index contributed by atoms with van der Waals surface area (Å²) in [6.07, 6.45) is 1.51. The number of hydrogen-bond donors (Lipinski definition) is 3. The fraction of sp³-hybridized carbons (Fsp3) is 0.175. The van der Waals surface area contributed by atoms with Crippen LogP contribution in [0, 0.1) is 0 Å². The smallest absolute Gasteiger partial charge is 0.311 e. The number of amides is 3. The Kier molecular flexibility index (Phi) is 13.8. The zero-order chi connectivity index (χ0) is 38.5. The molecule has 12 nitrogen and oxygen atoms in total. The van der Waals surface area contributed by atoms with Crippen LogP contribution in [0.5, 0.6) is 17.2 Å². The van der Waals surface area contributed by atoms with Crippen LogP contribution in [0.3, 0.4) is 0 Å². The monoisotopic (exact) mass is 766 g/mol. The number of hydrogen-bond acceptors (Lipinski definition) is 11. The predicted octanol–water partition coefficient (Wildman–Crippen LogP) is 7.16. The molecule has 1 heterocycles. The second-order valence-corrected chi connectivity index (χ2v) is 13.4. The number of thiazole rings is 1. The van der Waals surface area contributed by atoms with E-state index in [0.717, 1.165) is 5.56 Å². The van der Waals surface area contributed by atoms with Crippen molar-refractivity contribution in [3.8, 4) is 17.2 Å². The second kappa shape index (κ2) is 19.1. The van der Waals surface area contributed by atoms with E-state index in [2.05, 4.69) is 20.9 Å². The summed E-state index contributed by atoms with van der Waals surface area (Å²) < 4.78 is 21.4. The number of nitrogens with zero attached hydrogens (tertiary/aromatic N) is 1. The number of aromatic nitrogens is 1. The summed E-state index contributed by atoms with van der Waals surface area (Å²) in [5, 5.41) is 9.85. The van der Waals surface area contributed by atoms with Gasteiger partial charge in [0.2, 0.25) is 11.7 Å². The number of benzene rings is 4. The van der Waals surface area contributed by atoms with E-state index in [0.29, 0.717) is 49.8 Å². The zero-order valence-corrected chi connectivity index (χ0v) is 31.5. The number of ether oxygens (including phenoxy) is 4. The summed E-state index contributed by atoms with van der Waals surface area (Å²) in [7, 11) is 4.45. The lowest BCUT2D eigenvalue weighted by molar-refractivity contribution is -0.142. The molecular weight excluding hydrogens is 729 g/mol. The molecule has 3 amide bonds. The number of methoxy groups -OCH3 is 3. The Bertz CT molecular complexity index is 2100. The van der Waals surface area contributed by atoms with Crippen LogP contribution in [-0.4, -0.2) is 56.6 Å². The molecule has 0 aliphatic rings. The van der Waals surface area contributed by atoms with Crippen molar-refractivity contribution in [2.75, 3.05) is 38.6 Å². The van der Waals surface area contributed by atoms with Crippen LogP contribution in [0.25, 0.3) is 6.08 Å². The Labute approximate surface area is 320 Å². The van der Waals surface area contributed by atoms with Crippen LogP contribution in [0.1, 0.15) is 39.4 Å². The van der Waals surface area contributed by atoms with Gasteiger partial charge < -0.3 is 34.9 Å². The molecule has 54 heavy (non-hydrogen) atoms. The minimum absolute atomic E-state index is 0.00487. The molecule has 0 aliphatic heterocycles. The molecule has 1 aromatic heterocycles. The van der Waals surface area contributed by atoms with Crippen molar-refractivity contribution in [2.45, 2.75) is 23.5 Å². The van der Waals surface area contributed by atoms with Crippen LogP contribution in [0.4, 0.5) is 10.8 Å². The first-order valence-electron chi connectivity index (χ1n) is 16.6. The van der Waals surface area contributed by atoms with Gasteiger partial charge in [0, 0.05) is 21.5 Å². The van der Waals surface area contributed by atoms with Crippen molar-refractivity contribution in [3.63, 3.8) is 0 Å². The first kappa shape index (κ1) is 39.1. The minimum atomic E-state index is -0.699. The lowest BCUT2D eigenvalue weighted by Crippen LogP contribution is -2.30. The number of anilines is 2. The second-order valence-electron chi connectivity index (χ2n) is 11.3. The van der Waals surface area contributed by atoms with Gasteiger partial charge in [0.05, 0.1) is 40.1 Å². The highest BCUT2D eigenvalue weighted by molar-refractivity contribution is 8.00. The molecule has 1 atom stereocenters. The highest BCUT2D eigenvalue weighted by Crippen LogP contribution is 2.39. The molecule has 278 valence electrons. The maximum Gasteiger partial charge on any atom is 0.311 e. The lowest BCUT2D eigenvalue weighted by atomic mass is 10.1. The average molecular weight is 767 g/mol. The van der Waals surface area contributed by atoms with Crippen LogP contribution in [0.2, 0.25) is 0 Å². The van der Waals surface area contributed by atoms with Crippen molar-refractivity contribution in [1.29, 1.82) is 0 Å². The molecule has 0 radical (unpaired) electrons. The number of esters is 1. The third-order valence-corrected chi connectivity index (χ3v) is 9.68. The van der Waals surface area contributed by atoms with Gasteiger partial charge in [0.1, 0.15) is 10.9 Å². The van der Waals surface area contributed by atoms with Gasteiger partial charge in [-0.05, 0) is 66.6 Å². The van der Waals surface area contributed by atoms with E-state index in [1.807, 2.05) is 36.4 Å². The van der Waals surface area contributed by atoms with Gasteiger partial charge in [0.25, 0.3) is 11.8 Å². The van der Waals surface area contributed by atoms with Gasteiger partial charge in [-0.15, -0.1) is 23.1 Å². The van der Waals surface area contributed by atoms with E-state index in [1.54, 1.807) is 73.0 Å². The molecule has 5 rings (SSSR count). The Morgan fingerprint density at radius 3 is 2.17 bits per heavy atom. The van der Waals surface area contributed by atoms with Crippen LogP contribution >= 0.6 is 23.1 Å². The van der Waals surface area contributed by atoms with Gasteiger partial charge in [-0.1, -0.05) is 54.6 Å². The molecule has 0 spiro atoms. The van der Waals surface area contributed by atoms with Crippen molar-refractivity contribution in [3.05, 3.63) is 131 Å². The minimum Gasteiger partial charge on any atom is -0.493 e.